The van der Waals surface area contributed by atoms with Crippen molar-refractivity contribution in [2.24, 2.45) is 17.3 Å². The number of halogens is 2. The Bertz CT molecular complexity index is 2410. The van der Waals surface area contributed by atoms with E-state index in [-0.39, 0.29) is 55.3 Å². The van der Waals surface area contributed by atoms with E-state index in [1.807, 2.05) is 82.4 Å². The minimum atomic E-state index is -2.42. The Morgan fingerprint density at radius 3 is 2.21 bits per heavy atom. The summed E-state index contributed by atoms with van der Waals surface area (Å²) in [7, 11) is 0. The number of benzene rings is 4. The van der Waals surface area contributed by atoms with Crippen LogP contribution in [0, 0.1) is 23.3 Å². The number of nitrogens with zero attached hydrogens (tertiary/aromatic N) is 1. The van der Waals surface area contributed by atoms with Crippen molar-refractivity contribution in [2.75, 3.05) is 0 Å². The topological polar surface area (TPSA) is 72.6 Å². The standard InChI is InChI=1S/C36H30F2NO2.C13H24O2.Ir/c1-35(2,3)31-24-11-7-6-9-20(24)16-26-32-30-21(13-14-39-32)15-23(17-29(30)41-33(26)31)28-18-25-22(10-8-12-27(25)40-28)19-36(4,5)34(37)38;1-5-10(6-2)12(14)9-13(15)11(7-3)8-4;/h6-15,17-18,34H,19H2,1-5H3;9-11,14H,5-8H2,1-4H3;/q-1;;/b;12-9-;. The van der Waals surface area contributed by atoms with E-state index in [1.165, 1.54) is 6.08 Å². The Labute approximate surface area is 349 Å². The number of furan rings is 1. The van der Waals surface area contributed by atoms with Crippen molar-refractivity contribution in [1.82, 2.24) is 4.98 Å². The van der Waals surface area contributed by atoms with Crippen molar-refractivity contribution in [3.63, 3.8) is 0 Å². The number of rotatable bonds is 11. The first kappa shape index (κ1) is 43.7. The minimum absolute atomic E-state index is 0. The quantitative estimate of drug-likeness (QED) is 0.0794. The smallest absolute Gasteiger partial charge is 0.243 e. The maximum absolute atomic E-state index is 13.7. The third kappa shape index (κ3) is 8.88. The van der Waals surface area contributed by atoms with Crippen molar-refractivity contribution >= 4 is 38.3 Å². The molecule has 0 fully saturated rings. The second-order valence-electron chi connectivity index (χ2n) is 16.7. The molecule has 0 saturated heterocycles. The number of allylic oxidation sites excluding steroid dienone is 2. The van der Waals surface area contributed by atoms with Gasteiger partial charge in [-0.25, -0.2) is 8.78 Å². The Hall–Kier alpha value is -4.39. The van der Waals surface area contributed by atoms with E-state index < -0.39 is 11.8 Å². The van der Waals surface area contributed by atoms with Gasteiger partial charge in [0.1, 0.15) is 17.1 Å². The average molecular weight is 951 g/mol. The Morgan fingerprint density at radius 2 is 1.56 bits per heavy atom. The van der Waals surface area contributed by atoms with Crippen molar-refractivity contribution in [3.05, 3.63) is 102 Å². The monoisotopic (exact) mass is 951 g/mol. The number of ether oxygens (including phenoxy) is 1. The molecule has 5 nitrogen and oxygen atoms in total. The number of carbonyl (C=O) groups is 1. The molecule has 4 aromatic carbocycles. The molecule has 303 valence electrons. The molecule has 0 spiro atoms. The second kappa shape index (κ2) is 17.6. The maximum atomic E-state index is 13.7. The van der Waals surface area contributed by atoms with E-state index in [0.717, 1.165) is 86.3 Å². The first-order chi connectivity index (χ1) is 26.6. The van der Waals surface area contributed by atoms with Crippen molar-refractivity contribution in [1.29, 1.82) is 0 Å². The zero-order valence-electron chi connectivity index (χ0n) is 34.5. The number of carbonyl (C=O) groups excluding carboxylic acids is 1. The number of aliphatic hydroxyl groups is 1. The van der Waals surface area contributed by atoms with E-state index in [9.17, 15) is 18.7 Å². The Morgan fingerprint density at radius 1 is 0.877 bits per heavy atom. The fourth-order valence-electron chi connectivity index (χ4n) is 7.83. The molecule has 6 aromatic rings. The van der Waals surface area contributed by atoms with E-state index in [2.05, 4.69) is 45.0 Å². The molecule has 1 aliphatic rings. The molecule has 8 heteroatoms. The van der Waals surface area contributed by atoms with Crippen LogP contribution in [-0.2, 0) is 36.7 Å². The van der Waals surface area contributed by atoms with Crippen LogP contribution in [0.25, 0.3) is 55.1 Å². The summed E-state index contributed by atoms with van der Waals surface area (Å²) in [6, 6.07) is 25.5. The molecular weight excluding hydrogens is 897 g/mol. The third-order valence-corrected chi connectivity index (χ3v) is 11.2. The van der Waals surface area contributed by atoms with Gasteiger partial charge in [0, 0.05) is 71.7 Å². The molecule has 1 radical (unpaired) electrons. The second-order valence-corrected chi connectivity index (χ2v) is 16.7. The van der Waals surface area contributed by atoms with Gasteiger partial charge in [-0.15, -0.1) is 17.5 Å². The zero-order chi connectivity index (χ0) is 40.5. The molecule has 1 N–H and O–H groups in total. The molecular formula is C49H54F2IrNO4-. The van der Waals surface area contributed by atoms with Gasteiger partial charge in [-0.05, 0) is 78.8 Å². The molecule has 0 aliphatic carbocycles. The molecule has 57 heavy (non-hydrogen) atoms. The van der Waals surface area contributed by atoms with E-state index >= 15 is 0 Å². The van der Waals surface area contributed by atoms with Gasteiger partial charge in [0.05, 0.1) is 11.5 Å². The van der Waals surface area contributed by atoms with Crippen LogP contribution in [0.2, 0.25) is 0 Å². The Balaban J connectivity index is 0.000000333. The number of ketones is 1. The van der Waals surface area contributed by atoms with Gasteiger partial charge in [0.15, 0.2) is 5.78 Å². The molecule has 0 amide bonds. The van der Waals surface area contributed by atoms with Gasteiger partial charge in [0.25, 0.3) is 0 Å². The first-order valence-electron chi connectivity index (χ1n) is 19.9. The number of hydrogen-bond acceptors (Lipinski definition) is 5. The fraction of sp³-hybridized carbons (Fsp3) is 0.388. The van der Waals surface area contributed by atoms with Gasteiger partial charge in [-0.2, -0.15) is 0 Å². The number of aromatic nitrogens is 1. The van der Waals surface area contributed by atoms with Crippen LogP contribution < -0.4 is 4.74 Å². The first-order valence-corrected chi connectivity index (χ1v) is 19.9. The molecule has 0 unspecified atom stereocenters. The van der Waals surface area contributed by atoms with Crippen LogP contribution in [0.4, 0.5) is 8.78 Å². The van der Waals surface area contributed by atoms with Crippen molar-refractivity contribution in [3.8, 4) is 34.1 Å². The summed E-state index contributed by atoms with van der Waals surface area (Å²) in [5.41, 5.74) is 3.88. The number of aliphatic hydroxyl groups excluding tert-OH is 1. The van der Waals surface area contributed by atoms with Crippen LogP contribution in [-0.4, -0.2) is 22.3 Å². The van der Waals surface area contributed by atoms with Crippen molar-refractivity contribution in [2.45, 2.75) is 106 Å². The maximum Gasteiger partial charge on any atom is 0.243 e. The molecule has 2 aromatic heterocycles. The zero-order valence-corrected chi connectivity index (χ0v) is 36.9. The van der Waals surface area contributed by atoms with Gasteiger partial charge in [0.2, 0.25) is 6.43 Å². The molecule has 3 heterocycles. The van der Waals surface area contributed by atoms with Gasteiger partial charge < -0.3 is 14.3 Å². The van der Waals surface area contributed by atoms with Crippen LogP contribution in [0.5, 0.6) is 11.5 Å². The largest absolute Gasteiger partial charge is 0.512 e. The number of fused-ring (bicyclic) bond motifs is 4. The van der Waals surface area contributed by atoms with E-state index in [1.54, 1.807) is 13.8 Å². The predicted octanol–water partition coefficient (Wildman–Crippen LogP) is 14.4. The molecule has 0 saturated carbocycles. The third-order valence-electron chi connectivity index (χ3n) is 11.2. The van der Waals surface area contributed by atoms with Gasteiger partial charge in [-0.1, -0.05) is 109 Å². The van der Waals surface area contributed by atoms with Crippen LogP contribution in [0.15, 0.2) is 89.2 Å². The number of alkyl halides is 2. The minimum Gasteiger partial charge on any atom is -0.512 e. The summed E-state index contributed by atoms with van der Waals surface area (Å²) >= 11 is 0. The fourth-order valence-corrected chi connectivity index (χ4v) is 7.83. The summed E-state index contributed by atoms with van der Waals surface area (Å²) in [6.07, 6.45) is 4.55. The van der Waals surface area contributed by atoms with E-state index in [0.29, 0.717) is 17.1 Å². The number of hydrogen-bond donors (Lipinski definition) is 1. The van der Waals surface area contributed by atoms with Crippen LogP contribution in [0.1, 0.15) is 99.1 Å². The summed E-state index contributed by atoms with van der Waals surface area (Å²) < 4.78 is 40.5. The van der Waals surface area contributed by atoms with Gasteiger partial charge >= 0.3 is 0 Å². The molecule has 0 atom stereocenters. The molecule has 0 bridgehead atoms. The van der Waals surface area contributed by atoms with Gasteiger partial charge in [-0.3, -0.25) is 9.78 Å². The van der Waals surface area contributed by atoms with Crippen LogP contribution >= 0.6 is 0 Å². The Kier molecular flexibility index (Phi) is 13.5. The normalized spacial score (nSPS) is 12.8. The summed E-state index contributed by atoms with van der Waals surface area (Å²) in [6.45, 7) is 17.8. The summed E-state index contributed by atoms with van der Waals surface area (Å²) in [5, 5.41) is 14.7. The van der Waals surface area contributed by atoms with Crippen molar-refractivity contribution < 1.29 is 47.9 Å². The molecule has 1 aliphatic heterocycles. The number of pyridine rings is 1. The SMILES string of the molecule is CC(C)(C)c1c2c([c-]c3ccccc13)-c1nccc3cc(-c4cc5c(CC(C)(C)C(F)F)cccc5o4)cc(c13)O2.CCC(CC)C(=O)/C=C(\O)C(CC)CC.[Ir]. The summed E-state index contributed by atoms with van der Waals surface area (Å²) in [4.78, 5) is 16.5. The van der Waals surface area contributed by atoms with Crippen LogP contribution in [0.3, 0.4) is 0 Å². The molecule has 7 rings (SSSR count). The predicted molar refractivity (Wildman–Crippen MR) is 225 cm³/mol. The average Bonchev–Trinajstić information content (AvgIpc) is 3.60. The summed E-state index contributed by atoms with van der Waals surface area (Å²) in [5.74, 6) is 2.70. The van der Waals surface area contributed by atoms with E-state index in [4.69, 9.17) is 14.1 Å².